The average molecular weight is 464 g/mol. The molecule has 1 aliphatic carbocycles. The molecule has 1 aromatic carbocycles. The third kappa shape index (κ3) is 22.4. The molecule has 0 saturated heterocycles. The zero-order valence-corrected chi connectivity index (χ0v) is 19.9. The number of amides is 1. The van der Waals surface area contributed by atoms with Crippen LogP contribution in [0.5, 0.6) is 0 Å². The van der Waals surface area contributed by atoms with E-state index in [0.29, 0.717) is 26.2 Å². The Hall–Kier alpha value is -1.63. The minimum Gasteiger partial charge on any atom is -0.545 e. The molecule has 0 saturated carbocycles. The molecule has 1 aromatic rings. The van der Waals surface area contributed by atoms with Crippen LogP contribution in [0.2, 0.25) is 0 Å². The predicted octanol–water partition coefficient (Wildman–Crippen LogP) is 2.71. The van der Waals surface area contributed by atoms with Gasteiger partial charge in [0.25, 0.3) is 6.47 Å². The number of hydrogen-bond donors (Lipinski definition) is 2. The third-order valence-corrected chi connectivity index (χ3v) is 3.05. The molecule has 0 bridgehead atoms. The molecule has 28 heavy (non-hydrogen) atoms. The van der Waals surface area contributed by atoms with Crippen molar-refractivity contribution in [1.29, 1.82) is 0 Å². The van der Waals surface area contributed by atoms with E-state index < -0.39 is 0 Å². The molecule has 0 aromatic heterocycles. The van der Waals surface area contributed by atoms with Crippen LogP contribution in [-0.2, 0) is 58.4 Å². The maximum Gasteiger partial charge on any atom is 0.293 e. The van der Waals surface area contributed by atoms with E-state index in [1.54, 1.807) is 7.05 Å². The van der Waals surface area contributed by atoms with Gasteiger partial charge in [0.15, 0.2) is 0 Å². The van der Waals surface area contributed by atoms with Crippen LogP contribution in [0.15, 0.2) is 54.1 Å². The van der Waals surface area contributed by atoms with E-state index in [-0.39, 0.29) is 38.6 Å². The predicted molar refractivity (Wildman–Crippen MR) is 109 cm³/mol. The monoisotopic (exact) mass is 464 g/mol. The molecule has 0 spiro atoms. The molecule has 0 fully saturated rings. The number of hydrogen-bond acceptors (Lipinski definition) is 5. The molecular weight excluding hydrogens is 433 g/mol. The second-order valence-corrected chi connectivity index (χ2v) is 5.30. The van der Waals surface area contributed by atoms with Crippen LogP contribution in [0.1, 0.15) is 32.3 Å². The van der Waals surface area contributed by atoms with Gasteiger partial charge in [-0.3, -0.25) is 16.4 Å². The molecule has 6 nitrogen and oxygen atoms in total. The number of rotatable bonds is 6. The summed E-state index contributed by atoms with van der Waals surface area (Å²) in [4.78, 5) is 28.0. The van der Waals surface area contributed by atoms with Crippen molar-refractivity contribution in [3.8, 4) is 0 Å². The molecule has 7 heteroatoms. The first-order valence-corrected chi connectivity index (χ1v) is 8.71. The Bertz CT molecular complexity index is 541. The summed E-state index contributed by atoms with van der Waals surface area (Å²) in [6.45, 7) is 9.22. The van der Waals surface area contributed by atoms with Gasteiger partial charge in [-0.15, -0.1) is 0 Å². The maximum atomic E-state index is 10.5. The molecule has 0 heterocycles. The van der Waals surface area contributed by atoms with E-state index >= 15 is 0 Å². The van der Waals surface area contributed by atoms with Gasteiger partial charge in [-0.05, 0) is 39.3 Å². The quantitative estimate of drug-likeness (QED) is 0.500. The first-order chi connectivity index (χ1) is 13.1. The molecule has 0 aliphatic heterocycles. The summed E-state index contributed by atoms with van der Waals surface area (Å²) in [7, 11) is 1.75. The van der Waals surface area contributed by atoms with Crippen LogP contribution in [0.4, 0.5) is 0 Å². The van der Waals surface area contributed by atoms with Gasteiger partial charge >= 0.3 is 0 Å². The van der Waals surface area contributed by atoms with Crippen LogP contribution >= 0.6 is 0 Å². The number of carbonyl (C=O) groups is 2. The molecular formula is C21H31N2O4Y-. The van der Waals surface area contributed by atoms with E-state index in [1.807, 2.05) is 37.3 Å². The fourth-order valence-corrected chi connectivity index (χ4v) is 1.87. The average Bonchev–Trinajstić information content (AvgIpc) is 2.71. The molecule has 1 radical (unpaired) electrons. The zero-order valence-electron chi connectivity index (χ0n) is 17.0. The van der Waals surface area contributed by atoms with E-state index in [9.17, 15) is 9.59 Å². The molecule has 2 rings (SSSR count). The second kappa shape index (κ2) is 25.4. The summed E-state index contributed by atoms with van der Waals surface area (Å²) >= 11 is 0. The Labute approximate surface area is 194 Å². The number of benzene rings is 1. The van der Waals surface area contributed by atoms with Gasteiger partial charge in [0.1, 0.15) is 6.61 Å². The molecule has 0 atom stereocenters. The summed E-state index contributed by atoms with van der Waals surface area (Å²) in [6, 6.07) is 9.55. The summed E-state index contributed by atoms with van der Waals surface area (Å²) in [5.41, 5.74) is 2.42. The minimum atomic E-state index is 0. The largest absolute Gasteiger partial charge is 0.545 e. The fourth-order valence-electron chi connectivity index (χ4n) is 1.87. The van der Waals surface area contributed by atoms with E-state index in [2.05, 4.69) is 47.3 Å². The number of ether oxygens (including phenoxy) is 1. The van der Waals surface area contributed by atoms with E-state index in [4.69, 9.17) is 4.79 Å². The molecule has 2 N–H and O–H groups in total. The normalized spacial score (nSPS) is 10.6. The van der Waals surface area contributed by atoms with Gasteiger partial charge in [0.2, 0.25) is 5.91 Å². The van der Waals surface area contributed by atoms with Gasteiger partial charge in [-0.25, -0.2) is 0 Å². The fraction of sp³-hybridized carbons (Fsp3) is 0.381. The number of nitrogens with one attached hydrogen (secondary N) is 2. The van der Waals surface area contributed by atoms with Crippen molar-refractivity contribution in [2.45, 2.75) is 33.3 Å². The number of likely N-dealkylation sites (N-methyl/N-ethyl adjacent to an activating group) is 2. The zero-order chi connectivity index (χ0) is 20.8. The smallest absolute Gasteiger partial charge is 0.293 e. The van der Waals surface area contributed by atoms with Crippen LogP contribution in [0, 0.1) is 0 Å². The summed E-state index contributed by atoms with van der Waals surface area (Å²) < 4.78 is 4.54. The molecule has 153 valence electrons. The second-order valence-electron chi connectivity index (χ2n) is 5.30. The first kappa shape index (κ1) is 31.1. The standard InChI is InChI=1S/C8H8O2.C7H10.C5H12N2O.CHO.Y/c9-7-10-6-8-4-2-1-3-5-8;1-7-5-3-2-4-6-7;1-3-7-5(8)4-6-2;1-2;/h1-5,7H,6H2;3,5-6H,2,4H2,1H3;6H,3-4H2,1-2H3,(H,7,8);1H;/q;;;-1;. The van der Waals surface area contributed by atoms with Gasteiger partial charge < -0.3 is 20.2 Å². The van der Waals surface area contributed by atoms with Gasteiger partial charge in [-0.1, -0.05) is 54.1 Å². The molecule has 1 amide bonds. The first-order valence-electron chi connectivity index (χ1n) is 8.71. The van der Waals surface area contributed by atoms with Gasteiger partial charge in [0, 0.05) is 39.3 Å². The van der Waals surface area contributed by atoms with Crippen LogP contribution in [-0.4, -0.2) is 39.3 Å². The summed E-state index contributed by atoms with van der Waals surface area (Å²) in [5, 5.41) is 5.39. The molecule has 0 unspecified atom stereocenters. The molecule has 1 aliphatic rings. The van der Waals surface area contributed by atoms with Crippen molar-refractivity contribution in [2.24, 2.45) is 0 Å². The van der Waals surface area contributed by atoms with Crippen LogP contribution in [0.3, 0.4) is 0 Å². The van der Waals surface area contributed by atoms with Crippen molar-refractivity contribution >= 4 is 19.2 Å². The topological polar surface area (TPSA) is 84.5 Å². The Balaban J connectivity index is -0.000000319. The van der Waals surface area contributed by atoms with Gasteiger partial charge in [0.05, 0.1) is 6.54 Å². The Morgan fingerprint density at radius 1 is 1.21 bits per heavy atom. The van der Waals surface area contributed by atoms with Crippen molar-refractivity contribution in [1.82, 2.24) is 10.6 Å². The minimum absolute atomic E-state index is 0. The number of carbonyl (C=O) groups excluding carboxylic acids is 3. The SMILES string of the molecule is CC1=CCCC=C1.CCNC(=O)CNC.O=COCc1ccccc1.[CH-]=O.[Y]. The Morgan fingerprint density at radius 3 is 2.25 bits per heavy atom. The summed E-state index contributed by atoms with van der Waals surface area (Å²) in [5.74, 6) is 0.0509. The Morgan fingerprint density at radius 2 is 1.86 bits per heavy atom. The van der Waals surface area contributed by atoms with Crippen LogP contribution < -0.4 is 10.6 Å². The number of allylic oxidation sites excluding steroid dienone is 4. The summed E-state index contributed by atoms with van der Waals surface area (Å²) in [6.07, 6.45) is 9.12. The third-order valence-electron chi connectivity index (χ3n) is 3.05. The Kier molecular flexibility index (Phi) is 28.2. The van der Waals surface area contributed by atoms with Crippen molar-refractivity contribution in [3.05, 3.63) is 59.7 Å². The van der Waals surface area contributed by atoms with E-state index in [1.165, 1.54) is 18.4 Å². The maximum absolute atomic E-state index is 10.5. The van der Waals surface area contributed by atoms with E-state index in [0.717, 1.165) is 5.56 Å². The van der Waals surface area contributed by atoms with Crippen molar-refractivity contribution in [2.75, 3.05) is 20.1 Å². The van der Waals surface area contributed by atoms with Crippen molar-refractivity contribution in [3.63, 3.8) is 0 Å². The van der Waals surface area contributed by atoms with Crippen LogP contribution in [0.25, 0.3) is 0 Å². The van der Waals surface area contributed by atoms with Gasteiger partial charge in [-0.2, -0.15) is 0 Å². The van der Waals surface area contributed by atoms with Crippen molar-refractivity contribution < 1.29 is 51.8 Å².